The predicted octanol–water partition coefficient (Wildman–Crippen LogP) is 9.57. The normalized spacial score (nSPS) is 13.0. The molecule has 2 atom stereocenters. The number of aromatic nitrogens is 8. The maximum atomic E-state index is 15.1. The number of rotatable bonds is 8. The molecule has 0 fully saturated rings. The van der Waals surface area contributed by atoms with Crippen molar-refractivity contribution in [1.82, 2.24) is 40.0 Å². The quantitative estimate of drug-likeness (QED) is 0.111. The van der Waals surface area contributed by atoms with Gasteiger partial charge in [-0.15, -0.1) is 9.59 Å². The Hall–Kier alpha value is -4.43. The van der Waals surface area contributed by atoms with Crippen LogP contribution in [0.5, 0.6) is 0 Å². The lowest BCUT2D eigenvalue weighted by Gasteiger charge is -2.15. The summed E-state index contributed by atoms with van der Waals surface area (Å²) in [6, 6.07) is 9.74. The van der Waals surface area contributed by atoms with Crippen molar-refractivity contribution < 1.29 is 39.5 Å². The molecule has 0 bridgehead atoms. The molecule has 50 heavy (non-hydrogen) atoms. The molecule has 20 heteroatoms. The Kier molecular flexibility index (Phi) is 11.5. The van der Waals surface area contributed by atoms with Crippen LogP contribution < -0.4 is 0 Å². The maximum Gasteiger partial charge on any atom is 0.446 e. The lowest BCUT2D eigenvalue weighted by Crippen LogP contribution is -2.09. The fourth-order valence-corrected chi connectivity index (χ4v) is 5.98. The van der Waals surface area contributed by atoms with Gasteiger partial charge >= 0.3 is 11.0 Å². The minimum absolute atomic E-state index is 0.00466. The van der Waals surface area contributed by atoms with Gasteiger partial charge in [-0.1, -0.05) is 24.3 Å². The number of hydrogen-bond acceptors (Lipinski definition) is 8. The van der Waals surface area contributed by atoms with E-state index in [0.717, 1.165) is 23.1 Å². The van der Waals surface area contributed by atoms with E-state index in [1.54, 1.807) is 0 Å². The number of hydrogen-bond donors (Lipinski definition) is 0. The SMILES string of the molecule is FC(c1ccc(SC(F)(F)F)cc1)c1c(Br)cncc1-n1nccn1.Fc1cncc(-n2nccn2)c1C(F)c1ccc(SC(F)(F)F)cc1. The molecule has 0 aliphatic rings. The van der Waals surface area contributed by atoms with Crippen LogP contribution in [0.4, 0.5) is 39.5 Å². The molecule has 260 valence electrons. The van der Waals surface area contributed by atoms with Crippen molar-refractivity contribution in [1.29, 1.82) is 0 Å². The number of thioether (sulfide) groups is 2. The van der Waals surface area contributed by atoms with E-state index in [1.807, 2.05) is 0 Å². The van der Waals surface area contributed by atoms with Crippen molar-refractivity contribution in [3.63, 3.8) is 0 Å². The van der Waals surface area contributed by atoms with E-state index in [1.165, 1.54) is 84.6 Å². The van der Waals surface area contributed by atoms with Crippen LogP contribution in [0.1, 0.15) is 34.6 Å². The van der Waals surface area contributed by atoms with Crippen molar-refractivity contribution in [3.05, 3.63) is 131 Å². The van der Waals surface area contributed by atoms with Gasteiger partial charge in [0, 0.05) is 26.0 Å². The van der Waals surface area contributed by atoms with Crippen LogP contribution >= 0.6 is 39.5 Å². The van der Waals surface area contributed by atoms with Crippen LogP contribution in [-0.4, -0.2) is 51.0 Å². The summed E-state index contributed by atoms with van der Waals surface area (Å²) < 4.78 is 119. The van der Waals surface area contributed by atoms with Crippen molar-refractivity contribution >= 4 is 39.5 Å². The van der Waals surface area contributed by atoms with E-state index in [9.17, 15) is 35.1 Å². The Morgan fingerprint density at radius 1 is 0.560 bits per heavy atom. The van der Waals surface area contributed by atoms with Gasteiger partial charge in [-0.2, -0.15) is 46.7 Å². The van der Waals surface area contributed by atoms with Crippen LogP contribution in [0.15, 0.2) is 112 Å². The maximum absolute atomic E-state index is 15.1. The zero-order valence-electron chi connectivity index (χ0n) is 24.6. The smallest absolute Gasteiger partial charge is 0.261 e. The summed E-state index contributed by atoms with van der Waals surface area (Å²) in [5, 5.41) is 15.6. The fourth-order valence-electron chi connectivity index (χ4n) is 4.38. The Morgan fingerprint density at radius 2 is 0.940 bits per heavy atom. The van der Waals surface area contributed by atoms with Gasteiger partial charge in [0.05, 0.1) is 48.9 Å². The molecule has 4 heterocycles. The Labute approximate surface area is 293 Å². The Bertz CT molecular complexity index is 1850. The van der Waals surface area contributed by atoms with E-state index in [0.29, 0.717) is 10.2 Å². The number of halogens is 10. The molecule has 6 aromatic rings. The van der Waals surface area contributed by atoms with Gasteiger partial charge in [-0.25, -0.2) is 13.2 Å². The van der Waals surface area contributed by atoms with Crippen molar-refractivity contribution in [3.8, 4) is 11.4 Å². The summed E-state index contributed by atoms with van der Waals surface area (Å²) in [5.74, 6) is -0.906. The van der Waals surface area contributed by atoms with Crippen LogP contribution in [-0.2, 0) is 0 Å². The van der Waals surface area contributed by atoms with E-state index in [2.05, 4.69) is 46.3 Å². The summed E-state index contributed by atoms with van der Waals surface area (Å²) in [6.07, 6.45) is 6.96. The third kappa shape index (κ3) is 9.42. The first-order valence-corrected chi connectivity index (χ1v) is 16.1. The second kappa shape index (κ2) is 15.6. The second-order valence-corrected chi connectivity index (χ2v) is 12.8. The highest BCUT2D eigenvalue weighted by molar-refractivity contribution is 9.10. The average Bonchev–Trinajstić information content (AvgIpc) is 3.79. The zero-order valence-corrected chi connectivity index (χ0v) is 27.8. The first-order chi connectivity index (χ1) is 23.7. The topological polar surface area (TPSA) is 87.2 Å². The number of alkyl halides is 8. The summed E-state index contributed by atoms with van der Waals surface area (Å²) in [4.78, 5) is 9.80. The van der Waals surface area contributed by atoms with Gasteiger partial charge in [-0.3, -0.25) is 9.97 Å². The van der Waals surface area contributed by atoms with Crippen molar-refractivity contribution in [2.75, 3.05) is 0 Å². The van der Waals surface area contributed by atoms with Crippen LogP contribution in [0.25, 0.3) is 11.4 Å². The fraction of sp³-hybridized carbons (Fsp3) is 0.133. The standard InChI is InChI=1S/C15H9BrF4N4S.C15H9F5N4S/c2*16-11-7-21-8-12(24-22-5-6-23-24)13(11)14(17)9-1-3-10(4-2-9)25-15(18,19)20/h2*1-8,14H. The molecule has 8 nitrogen and oxygen atoms in total. The van der Waals surface area contributed by atoms with Crippen molar-refractivity contribution in [2.45, 2.75) is 33.2 Å². The first kappa shape index (κ1) is 36.8. The molecule has 0 aliphatic heterocycles. The molecule has 6 rings (SSSR count). The first-order valence-electron chi connectivity index (χ1n) is 13.7. The third-order valence-electron chi connectivity index (χ3n) is 6.42. The molecule has 0 radical (unpaired) electrons. The number of pyridine rings is 2. The van der Waals surface area contributed by atoms with Gasteiger partial charge < -0.3 is 0 Å². The lowest BCUT2D eigenvalue weighted by atomic mass is 10.0. The highest BCUT2D eigenvalue weighted by Crippen LogP contribution is 2.40. The Morgan fingerprint density at radius 3 is 1.36 bits per heavy atom. The minimum atomic E-state index is -4.44. The number of benzene rings is 2. The zero-order chi connectivity index (χ0) is 36.1. The summed E-state index contributed by atoms with van der Waals surface area (Å²) in [7, 11) is 0. The van der Waals surface area contributed by atoms with E-state index in [-0.39, 0.29) is 61.3 Å². The molecular formula is C30H18BrF9N8S2. The summed E-state index contributed by atoms with van der Waals surface area (Å²) in [6.45, 7) is 0. The molecule has 4 aromatic heterocycles. The molecule has 0 aliphatic carbocycles. The monoisotopic (exact) mass is 804 g/mol. The molecule has 0 saturated heterocycles. The number of nitrogens with zero attached hydrogens (tertiary/aromatic N) is 8. The lowest BCUT2D eigenvalue weighted by molar-refractivity contribution is -0.0337. The molecule has 0 saturated carbocycles. The van der Waals surface area contributed by atoms with Crippen LogP contribution in [0.3, 0.4) is 0 Å². The van der Waals surface area contributed by atoms with Gasteiger partial charge in [-0.05, 0) is 74.8 Å². The molecule has 0 spiro atoms. The van der Waals surface area contributed by atoms with E-state index >= 15 is 4.39 Å². The van der Waals surface area contributed by atoms with Crippen LogP contribution in [0.2, 0.25) is 0 Å². The van der Waals surface area contributed by atoms with Gasteiger partial charge in [0.1, 0.15) is 17.2 Å². The molecule has 2 aromatic carbocycles. The predicted molar refractivity (Wildman–Crippen MR) is 169 cm³/mol. The average molecular weight is 806 g/mol. The van der Waals surface area contributed by atoms with Crippen LogP contribution in [0, 0.1) is 5.82 Å². The third-order valence-corrected chi connectivity index (χ3v) is 8.53. The van der Waals surface area contributed by atoms with Gasteiger partial charge in [0.15, 0.2) is 12.3 Å². The van der Waals surface area contributed by atoms with E-state index < -0.39 is 29.2 Å². The second-order valence-electron chi connectivity index (χ2n) is 9.70. The van der Waals surface area contributed by atoms with Gasteiger partial charge in [0.25, 0.3) is 0 Å². The van der Waals surface area contributed by atoms with Crippen molar-refractivity contribution in [2.24, 2.45) is 0 Å². The Balaban J connectivity index is 0.000000194. The molecular weight excluding hydrogens is 787 g/mol. The largest absolute Gasteiger partial charge is 0.446 e. The highest BCUT2D eigenvalue weighted by Gasteiger charge is 2.31. The molecule has 0 N–H and O–H groups in total. The van der Waals surface area contributed by atoms with Gasteiger partial charge in [0.2, 0.25) is 0 Å². The highest BCUT2D eigenvalue weighted by atomic mass is 79.9. The minimum Gasteiger partial charge on any atom is -0.261 e. The molecule has 0 amide bonds. The molecule has 2 unspecified atom stereocenters. The van der Waals surface area contributed by atoms with E-state index in [4.69, 9.17) is 0 Å². The summed E-state index contributed by atoms with van der Waals surface area (Å²) >= 11 is 2.71. The summed E-state index contributed by atoms with van der Waals surface area (Å²) in [5.41, 5.74) is -8.37.